The maximum atomic E-state index is 13.2. The number of carbonyl (C=O) groups is 3. The molecule has 40 heavy (non-hydrogen) atoms. The molecule has 0 saturated heterocycles. The van der Waals surface area contributed by atoms with Crippen LogP contribution in [-0.2, 0) is 9.59 Å². The number of ether oxygens (including phenoxy) is 1. The molecule has 1 heterocycles. The van der Waals surface area contributed by atoms with Crippen molar-refractivity contribution in [2.24, 2.45) is 0 Å². The summed E-state index contributed by atoms with van der Waals surface area (Å²) in [5.74, 6) is -0.122. The van der Waals surface area contributed by atoms with E-state index in [9.17, 15) is 14.4 Å². The second kappa shape index (κ2) is 11.5. The van der Waals surface area contributed by atoms with Gasteiger partial charge in [0.15, 0.2) is 0 Å². The summed E-state index contributed by atoms with van der Waals surface area (Å²) in [5, 5.41) is 2.73. The van der Waals surface area contributed by atoms with E-state index < -0.39 is 11.8 Å². The highest BCUT2D eigenvalue weighted by molar-refractivity contribution is 6.53. The minimum atomic E-state index is -0.630. The lowest BCUT2D eigenvalue weighted by Gasteiger charge is -2.21. The van der Waals surface area contributed by atoms with Crippen molar-refractivity contribution < 1.29 is 19.1 Å². The molecule has 0 bridgehead atoms. The number of aryl methyl sites for hydroxylation is 1. The molecule has 1 aliphatic heterocycles. The molecule has 4 aromatic rings. The fourth-order valence-electron chi connectivity index (χ4n) is 4.37. The first-order valence-electron chi connectivity index (χ1n) is 12.7. The molecule has 3 amide bonds. The Labute approximate surface area is 237 Å². The van der Waals surface area contributed by atoms with Gasteiger partial charge < -0.3 is 15.0 Å². The Balaban J connectivity index is 1.28. The van der Waals surface area contributed by atoms with E-state index in [4.69, 9.17) is 16.3 Å². The van der Waals surface area contributed by atoms with Gasteiger partial charge in [0.25, 0.3) is 17.7 Å². The number of nitrogens with one attached hydrogen (secondary N) is 1. The normalized spacial score (nSPS) is 13.0. The number of rotatable bonds is 8. The Morgan fingerprint density at radius 1 is 0.850 bits per heavy atom. The van der Waals surface area contributed by atoms with Crippen LogP contribution >= 0.6 is 11.6 Å². The van der Waals surface area contributed by atoms with Gasteiger partial charge in [0.1, 0.15) is 22.2 Å². The average Bonchev–Trinajstić information content (AvgIpc) is 3.17. The summed E-state index contributed by atoms with van der Waals surface area (Å²) in [6.07, 6.45) is 0. The van der Waals surface area contributed by atoms with Crippen LogP contribution in [0.5, 0.6) is 11.5 Å². The molecule has 8 heteroatoms. The van der Waals surface area contributed by atoms with Crippen molar-refractivity contribution in [1.82, 2.24) is 0 Å². The first-order valence-corrected chi connectivity index (χ1v) is 13.1. The summed E-state index contributed by atoms with van der Waals surface area (Å²) in [7, 11) is 0. The Bertz CT molecular complexity index is 1600. The van der Waals surface area contributed by atoms with E-state index in [0.717, 1.165) is 16.2 Å². The molecule has 7 nitrogen and oxygen atoms in total. The number of carbonyl (C=O) groups excluding carboxylic acids is 3. The minimum absolute atomic E-state index is 0.0368. The van der Waals surface area contributed by atoms with Crippen molar-refractivity contribution in [1.29, 1.82) is 0 Å². The van der Waals surface area contributed by atoms with Gasteiger partial charge in [0.05, 0.1) is 5.69 Å². The fourth-order valence-corrected chi connectivity index (χ4v) is 4.58. The SMILES string of the molecule is CCN(C(=O)c1ccc(NC2=C(Cl)C(=O)N(c3ccc(Oc4ccccc4)cc3)C2=O)cc1)c1cccc(C)c1. The number of hydrogen-bond donors (Lipinski definition) is 1. The van der Waals surface area contributed by atoms with Crippen LogP contribution in [0.2, 0.25) is 0 Å². The van der Waals surface area contributed by atoms with E-state index in [1.165, 1.54) is 0 Å². The third kappa shape index (κ3) is 5.46. The monoisotopic (exact) mass is 551 g/mol. The number of amides is 3. The zero-order chi connectivity index (χ0) is 28.2. The third-order valence-corrected chi connectivity index (χ3v) is 6.73. The van der Waals surface area contributed by atoms with Crippen LogP contribution in [0.3, 0.4) is 0 Å². The first-order chi connectivity index (χ1) is 19.4. The number of para-hydroxylation sites is 1. The van der Waals surface area contributed by atoms with Gasteiger partial charge >= 0.3 is 0 Å². The smallest absolute Gasteiger partial charge is 0.283 e. The molecule has 0 radical (unpaired) electrons. The highest BCUT2D eigenvalue weighted by atomic mass is 35.5. The molecule has 0 fully saturated rings. The Morgan fingerprint density at radius 2 is 1.52 bits per heavy atom. The first kappa shape index (κ1) is 26.7. The van der Waals surface area contributed by atoms with Gasteiger partial charge in [-0.3, -0.25) is 14.4 Å². The molecule has 0 aromatic heterocycles. The van der Waals surface area contributed by atoms with Gasteiger partial charge in [-0.1, -0.05) is 41.9 Å². The van der Waals surface area contributed by atoms with Crippen LogP contribution in [0, 0.1) is 6.92 Å². The molecule has 0 atom stereocenters. The molecule has 1 N–H and O–H groups in total. The highest BCUT2D eigenvalue weighted by Gasteiger charge is 2.39. The van der Waals surface area contributed by atoms with Gasteiger partial charge in [-0.25, -0.2) is 4.90 Å². The molecule has 4 aromatic carbocycles. The minimum Gasteiger partial charge on any atom is -0.457 e. The maximum Gasteiger partial charge on any atom is 0.283 e. The number of hydrogen-bond acceptors (Lipinski definition) is 5. The predicted molar refractivity (Wildman–Crippen MR) is 157 cm³/mol. The zero-order valence-electron chi connectivity index (χ0n) is 21.9. The van der Waals surface area contributed by atoms with E-state index in [-0.39, 0.29) is 16.6 Å². The van der Waals surface area contributed by atoms with Crippen molar-refractivity contribution >= 4 is 46.4 Å². The van der Waals surface area contributed by atoms with Gasteiger partial charge in [-0.05, 0) is 92.2 Å². The maximum absolute atomic E-state index is 13.2. The number of halogens is 1. The van der Waals surface area contributed by atoms with Crippen LogP contribution < -0.4 is 19.9 Å². The van der Waals surface area contributed by atoms with Gasteiger partial charge in [-0.2, -0.15) is 0 Å². The quantitative estimate of drug-likeness (QED) is 0.241. The second-order valence-corrected chi connectivity index (χ2v) is 9.51. The number of nitrogens with zero attached hydrogens (tertiary/aromatic N) is 2. The third-order valence-electron chi connectivity index (χ3n) is 6.38. The van der Waals surface area contributed by atoms with E-state index in [1.807, 2.05) is 68.4 Å². The number of benzene rings is 4. The Morgan fingerprint density at radius 3 is 2.17 bits per heavy atom. The van der Waals surface area contributed by atoms with Crippen molar-refractivity contribution in [3.05, 3.63) is 125 Å². The lowest BCUT2D eigenvalue weighted by atomic mass is 10.1. The topological polar surface area (TPSA) is 79.0 Å². The van der Waals surface area contributed by atoms with E-state index in [0.29, 0.717) is 35.0 Å². The van der Waals surface area contributed by atoms with Crippen molar-refractivity contribution in [2.45, 2.75) is 13.8 Å². The summed E-state index contributed by atoms with van der Waals surface area (Å²) in [5.41, 5.74) is 3.21. The Kier molecular flexibility index (Phi) is 7.66. The molecule has 5 rings (SSSR count). The molecule has 0 saturated carbocycles. The lowest BCUT2D eigenvalue weighted by molar-refractivity contribution is -0.120. The van der Waals surface area contributed by atoms with E-state index in [1.54, 1.807) is 53.4 Å². The number of anilines is 3. The van der Waals surface area contributed by atoms with Crippen LogP contribution in [0.15, 0.2) is 114 Å². The molecular formula is C32H26ClN3O4. The van der Waals surface area contributed by atoms with Gasteiger partial charge in [0.2, 0.25) is 0 Å². The largest absolute Gasteiger partial charge is 0.457 e. The standard InChI is InChI=1S/C32H26ClN3O4/c1-3-35(25-9-7-8-21(2)20-25)30(37)22-12-14-23(15-13-22)34-29-28(33)31(38)36(32(29)39)24-16-18-27(19-17-24)40-26-10-5-4-6-11-26/h4-20,34H,3H2,1-2H3. The van der Waals surface area contributed by atoms with Gasteiger partial charge in [0, 0.05) is 23.5 Å². The molecule has 0 unspecified atom stereocenters. The number of imide groups is 1. The molecular weight excluding hydrogens is 526 g/mol. The molecule has 0 spiro atoms. The Hall–Kier alpha value is -4.88. The highest BCUT2D eigenvalue weighted by Crippen LogP contribution is 2.32. The molecule has 0 aliphatic carbocycles. The zero-order valence-corrected chi connectivity index (χ0v) is 22.7. The van der Waals surface area contributed by atoms with Crippen LogP contribution in [0.25, 0.3) is 0 Å². The van der Waals surface area contributed by atoms with E-state index >= 15 is 0 Å². The van der Waals surface area contributed by atoms with Crippen LogP contribution in [-0.4, -0.2) is 24.3 Å². The lowest BCUT2D eigenvalue weighted by Crippen LogP contribution is -2.32. The van der Waals surface area contributed by atoms with Crippen LogP contribution in [0.1, 0.15) is 22.8 Å². The fraction of sp³-hybridized carbons (Fsp3) is 0.0938. The second-order valence-electron chi connectivity index (χ2n) is 9.13. The summed E-state index contributed by atoms with van der Waals surface area (Å²) < 4.78 is 5.79. The van der Waals surface area contributed by atoms with Crippen molar-refractivity contribution in [3.8, 4) is 11.5 Å². The summed E-state index contributed by atoms with van der Waals surface area (Å²) >= 11 is 6.30. The molecule has 1 aliphatic rings. The summed E-state index contributed by atoms with van der Waals surface area (Å²) in [6, 6.07) is 30.3. The predicted octanol–water partition coefficient (Wildman–Crippen LogP) is 6.89. The van der Waals surface area contributed by atoms with Gasteiger partial charge in [-0.15, -0.1) is 0 Å². The molecule has 200 valence electrons. The van der Waals surface area contributed by atoms with E-state index in [2.05, 4.69) is 5.32 Å². The summed E-state index contributed by atoms with van der Waals surface area (Å²) in [4.78, 5) is 42.0. The van der Waals surface area contributed by atoms with Crippen molar-refractivity contribution in [2.75, 3.05) is 21.7 Å². The summed E-state index contributed by atoms with van der Waals surface area (Å²) in [6.45, 7) is 4.41. The average molecular weight is 552 g/mol. The van der Waals surface area contributed by atoms with Crippen molar-refractivity contribution in [3.63, 3.8) is 0 Å². The van der Waals surface area contributed by atoms with Crippen LogP contribution in [0.4, 0.5) is 17.1 Å².